The Morgan fingerprint density at radius 1 is 1.15 bits per heavy atom. The Morgan fingerprint density at radius 2 is 1.94 bits per heavy atom. The van der Waals surface area contributed by atoms with Crippen LogP contribution >= 0.6 is 11.8 Å². The van der Waals surface area contributed by atoms with Crippen molar-refractivity contribution in [3.8, 4) is 0 Å². The fourth-order valence-corrected chi connectivity index (χ4v) is 5.61. The minimum Gasteiger partial charge on any atom is -0.371 e. The van der Waals surface area contributed by atoms with Gasteiger partial charge >= 0.3 is 0 Å². The number of hydrogen-bond acceptors (Lipinski definition) is 4. The van der Waals surface area contributed by atoms with Crippen LogP contribution in [0.15, 0.2) is 57.6 Å². The van der Waals surface area contributed by atoms with Gasteiger partial charge in [0.25, 0.3) is 0 Å². The van der Waals surface area contributed by atoms with Gasteiger partial charge in [-0.15, -0.1) is 0 Å². The van der Waals surface area contributed by atoms with Gasteiger partial charge in [-0.1, -0.05) is 63.8 Å². The number of halogens is 1. The van der Waals surface area contributed by atoms with E-state index >= 15 is 0 Å². The molecule has 0 bridgehead atoms. The zero-order valence-electron chi connectivity index (χ0n) is 20.7. The molecule has 1 aliphatic carbocycles. The Labute approximate surface area is 201 Å². The van der Waals surface area contributed by atoms with Gasteiger partial charge in [0.15, 0.2) is 0 Å². The second kappa shape index (κ2) is 11.6. The zero-order chi connectivity index (χ0) is 24.0. The van der Waals surface area contributed by atoms with E-state index in [9.17, 15) is 4.39 Å². The highest BCUT2D eigenvalue weighted by atomic mass is 32.2. The lowest BCUT2D eigenvalue weighted by Crippen LogP contribution is -2.45. The first-order chi connectivity index (χ1) is 16.1. The monoisotopic (exact) mass is 468 g/mol. The smallest absolute Gasteiger partial charge is 0.147 e. The molecular weight excluding hydrogens is 431 g/mol. The Hall–Kier alpha value is -2.44. The van der Waals surface area contributed by atoms with Crippen LogP contribution < -0.4 is 16.0 Å². The molecule has 2 aromatic rings. The van der Waals surface area contributed by atoms with Crippen molar-refractivity contribution < 1.29 is 4.39 Å². The molecular formula is C27H37FN4S. The van der Waals surface area contributed by atoms with Gasteiger partial charge in [-0.2, -0.15) is 0 Å². The quantitative estimate of drug-likeness (QED) is 0.415. The van der Waals surface area contributed by atoms with Gasteiger partial charge in [0.05, 0.1) is 23.1 Å². The van der Waals surface area contributed by atoms with E-state index in [1.807, 2.05) is 59.4 Å². The summed E-state index contributed by atoms with van der Waals surface area (Å²) in [6.45, 7) is 13.6. The van der Waals surface area contributed by atoms with E-state index in [2.05, 4.69) is 45.2 Å². The molecule has 1 unspecified atom stereocenters. The van der Waals surface area contributed by atoms with Crippen LogP contribution in [0.2, 0.25) is 0 Å². The Morgan fingerprint density at radius 3 is 2.67 bits per heavy atom. The van der Waals surface area contributed by atoms with Gasteiger partial charge in [-0.05, 0) is 55.5 Å². The van der Waals surface area contributed by atoms with Gasteiger partial charge in [0.2, 0.25) is 0 Å². The molecule has 6 heteroatoms. The third-order valence-electron chi connectivity index (χ3n) is 5.85. The minimum absolute atomic E-state index is 0.183. The molecule has 4 nitrogen and oxygen atoms in total. The Bertz CT molecular complexity index is 1110. The molecule has 0 fully saturated rings. The molecule has 2 aliphatic heterocycles. The summed E-state index contributed by atoms with van der Waals surface area (Å²) in [5.74, 6) is 0.925. The summed E-state index contributed by atoms with van der Waals surface area (Å²) in [6, 6.07) is 3.67. The molecule has 0 saturated carbocycles. The molecule has 33 heavy (non-hydrogen) atoms. The van der Waals surface area contributed by atoms with E-state index in [1.54, 1.807) is 6.07 Å². The Kier molecular flexibility index (Phi) is 8.87. The minimum atomic E-state index is -0.183. The first-order valence-corrected chi connectivity index (χ1v) is 12.9. The molecule has 0 amide bonds. The van der Waals surface area contributed by atoms with Gasteiger partial charge in [0, 0.05) is 22.5 Å². The predicted molar refractivity (Wildman–Crippen MR) is 142 cm³/mol. The largest absolute Gasteiger partial charge is 0.371 e. The Balaban J connectivity index is 0.000000728. The molecule has 1 aromatic heterocycles. The highest BCUT2D eigenvalue weighted by Gasteiger charge is 2.29. The van der Waals surface area contributed by atoms with Crippen LogP contribution in [0, 0.1) is 19.7 Å². The van der Waals surface area contributed by atoms with E-state index in [0.29, 0.717) is 5.52 Å². The maximum Gasteiger partial charge on any atom is 0.147 e. The number of aromatic nitrogens is 1. The highest BCUT2D eigenvalue weighted by molar-refractivity contribution is 8.07. The van der Waals surface area contributed by atoms with Crippen molar-refractivity contribution in [3.05, 3.63) is 80.3 Å². The van der Waals surface area contributed by atoms with Crippen LogP contribution in [-0.4, -0.2) is 24.2 Å². The van der Waals surface area contributed by atoms with Crippen molar-refractivity contribution >= 4 is 22.7 Å². The fourth-order valence-electron chi connectivity index (χ4n) is 4.36. The molecule has 4 N–H and O–H groups in total. The van der Waals surface area contributed by atoms with E-state index in [4.69, 9.17) is 0 Å². The van der Waals surface area contributed by atoms with Crippen LogP contribution in [0.25, 0.3) is 10.9 Å². The second-order valence-corrected chi connectivity index (χ2v) is 8.84. The zero-order valence-corrected chi connectivity index (χ0v) is 21.5. The van der Waals surface area contributed by atoms with Gasteiger partial charge in [-0.3, -0.25) is 5.32 Å². The van der Waals surface area contributed by atoms with Crippen LogP contribution in [0.5, 0.6) is 0 Å². The van der Waals surface area contributed by atoms with E-state index < -0.39 is 0 Å². The van der Waals surface area contributed by atoms with Crippen molar-refractivity contribution in [2.24, 2.45) is 0 Å². The number of nitrogens with one attached hydrogen (secondary N) is 4. The molecule has 5 rings (SSSR count). The average molecular weight is 469 g/mol. The number of H-pyrrole nitrogens is 1. The van der Waals surface area contributed by atoms with Gasteiger partial charge in [0.1, 0.15) is 11.6 Å². The number of aryl methyl sites for hydroxylation is 2. The summed E-state index contributed by atoms with van der Waals surface area (Å²) in [4.78, 5) is 5.89. The van der Waals surface area contributed by atoms with Crippen molar-refractivity contribution in [2.45, 2.75) is 60.4 Å². The van der Waals surface area contributed by atoms with Crippen LogP contribution in [0.3, 0.4) is 0 Å². The van der Waals surface area contributed by atoms with E-state index in [0.717, 1.165) is 48.5 Å². The molecule has 178 valence electrons. The van der Waals surface area contributed by atoms with Crippen molar-refractivity contribution in [3.63, 3.8) is 0 Å². The first-order valence-electron chi connectivity index (χ1n) is 12.1. The lowest BCUT2D eigenvalue weighted by Gasteiger charge is -2.26. The van der Waals surface area contributed by atoms with Crippen LogP contribution in [0.4, 0.5) is 4.39 Å². The number of benzene rings is 1. The first kappa shape index (κ1) is 25.2. The topological polar surface area (TPSA) is 51.9 Å². The molecule has 3 aliphatic rings. The lowest BCUT2D eigenvalue weighted by atomic mass is 10.0. The maximum absolute atomic E-state index is 14.2. The summed E-state index contributed by atoms with van der Waals surface area (Å²) in [7, 11) is 0. The lowest BCUT2D eigenvalue weighted by molar-refractivity contribution is 0.541. The van der Waals surface area contributed by atoms with Crippen molar-refractivity contribution in [1.29, 1.82) is 0 Å². The van der Waals surface area contributed by atoms with E-state index in [1.165, 1.54) is 20.9 Å². The summed E-state index contributed by atoms with van der Waals surface area (Å²) >= 11 is 1.85. The number of allylic oxidation sites excluding steroid dienone is 4. The number of aromatic amines is 1. The third-order valence-corrected chi connectivity index (χ3v) is 7.14. The fraction of sp³-hybridized carbons (Fsp3) is 0.407. The number of hydrogen-bond donors (Lipinski definition) is 4. The molecule has 0 spiro atoms. The van der Waals surface area contributed by atoms with E-state index in [-0.39, 0.29) is 11.9 Å². The summed E-state index contributed by atoms with van der Waals surface area (Å²) < 4.78 is 14.2. The van der Waals surface area contributed by atoms with Crippen molar-refractivity contribution in [2.75, 3.05) is 13.2 Å². The summed E-state index contributed by atoms with van der Waals surface area (Å²) in [6.07, 6.45) is 10.7. The number of fused-ring (bicyclic) bond motifs is 2. The predicted octanol–water partition coefficient (Wildman–Crippen LogP) is 6.31. The van der Waals surface area contributed by atoms with Crippen LogP contribution in [-0.2, 0) is 6.42 Å². The molecule has 0 saturated heterocycles. The summed E-state index contributed by atoms with van der Waals surface area (Å²) in [5.41, 5.74) is 5.37. The standard InChI is InChI=1S/C23H25FN4S.2C2H6/c1-13-7-8-17(24)21-20(13)16(14(2)28-21)9-10-25-23-22-18(26-12-27-23)11-19(29-22)15-5-3-4-6-15;2*1-2/h3-5,7-8,11,18,25-28H,6,9-10,12H2,1-2H3;2*1-2H3. The second-order valence-electron chi connectivity index (χ2n) is 7.75. The number of thioether (sulfide) groups is 1. The summed E-state index contributed by atoms with van der Waals surface area (Å²) in [5, 5.41) is 11.6. The highest BCUT2D eigenvalue weighted by Crippen LogP contribution is 2.43. The van der Waals surface area contributed by atoms with Crippen molar-refractivity contribution in [1.82, 2.24) is 20.9 Å². The number of rotatable bonds is 5. The molecule has 1 aromatic carbocycles. The third kappa shape index (κ3) is 5.22. The van der Waals surface area contributed by atoms with Gasteiger partial charge < -0.3 is 15.6 Å². The molecule has 0 radical (unpaired) electrons. The van der Waals surface area contributed by atoms with Crippen LogP contribution in [0.1, 0.15) is 50.9 Å². The molecule has 1 atom stereocenters. The molecule has 3 heterocycles. The SMILES string of the molecule is CC.CC.Cc1[nH]c2c(F)ccc(C)c2c1CCNC1=C2SC(C3=CC=CC3)=CC2NCN1. The normalized spacial score (nSPS) is 18.6. The maximum atomic E-state index is 14.2. The van der Waals surface area contributed by atoms with Gasteiger partial charge in [-0.25, -0.2) is 4.39 Å². The average Bonchev–Trinajstić information content (AvgIpc) is 3.58.